The third-order valence-electron chi connectivity index (χ3n) is 10.1. The van der Waals surface area contributed by atoms with Crippen LogP contribution >= 0.6 is 0 Å². The second-order valence-electron chi connectivity index (χ2n) is 13.3. The molecule has 1 saturated heterocycles. The zero-order valence-electron chi connectivity index (χ0n) is 30.2. The standard InChI is InChI=1S/C40H43N4O5.Mg/c1-10-24-20(5)27-16-29-22(7)26(12-13-33(45)49-15-14-19(3)4)37(43-29)35-36(40(47)48-9)39(46)34-23(8)30(44-38(34)35)18-32-25(11-2)21(6)28(42-32)17-31(24)41-27;/h10,14,16-18,22,26,36H,1,11-13,15H2,2-9H3,(H-,43,44,46);/q-3;+2/p-1/b28-17-,29-16-,32-18-;/t22-,26-,36+;/m0./s1. The Morgan fingerprint density at radius 1 is 0.960 bits per heavy atom. The zero-order chi connectivity index (χ0) is 35.3. The summed E-state index contributed by atoms with van der Waals surface area (Å²) in [6.07, 6.45) is 10.9. The van der Waals surface area contributed by atoms with Crippen molar-refractivity contribution in [2.24, 2.45) is 17.8 Å². The average Bonchev–Trinajstić information content (AvgIpc) is 3.80. The van der Waals surface area contributed by atoms with Gasteiger partial charge in [-0.25, -0.2) is 0 Å². The fraction of sp³-hybridized carbons (Fsp3) is 0.375. The molecule has 9 nitrogen and oxygen atoms in total. The summed E-state index contributed by atoms with van der Waals surface area (Å²) < 4.78 is 10.7. The van der Waals surface area contributed by atoms with Crippen LogP contribution in [0.5, 0.6) is 0 Å². The number of hydrogen-bond acceptors (Lipinski definition) is 5. The van der Waals surface area contributed by atoms with Gasteiger partial charge >= 0.3 is 35.0 Å². The largest absolute Gasteiger partial charge is 2.00 e. The van der Waals surface area contributed by atoms with Crippen molar-refractivity contribution in [1.29, 1.82) is 0 Å². The van der Waals surface area contributed by atoms with E-state index in [0.29, 0.717) is 40.2 Å². The van der Waals surface area contributed by atoms with Crippen molar-refractivity contribution in [3.63, 3.8) is 0 Å². The third kappa shape index (κ3) is 6.28. The molecule has 0 N–H and O–H groups in total. The van der Waals surface area contributed by atoms with Crippen LogP contribution < -0.4 is 25.7 Å². The van der Waals surface area contributed by atoms with Crippen LogP contribution in [0.25, 0.3) is 35.2 Å². The van der Waals surface area contributed by atoms with Crippen molar-refractivity contribution in [3.8, 4) is 0 Å². The maximum Gasteiger partial charge on any atom is 2.00 e. The summed E-state index contributed by atoms with van der Waals surface area (Å²) in [5, 5.41) is 6.75. The van der Waals surface area contributed by atoms with Crippen LogP contribution in [-0.2, 0) is 25.5 Å². The molecular weight excluding hydrogens is 641 g/mol. The molecule has 1 fully saturated rings. The molecule has 0 unspecified atom stereocenters. The summed E-state index contributed by atoms with van der Waals surface area (Å²) in [4.78, 5) is 55.5. The van der Waals surface area contributed by atoms with E-state index in [2.05, 4.69) is 27.4 Å². The number of nitrogens with zero attached hydrogens (tertiary/aromatic N) is 4. The van der Waals surface area contributed by atoms with Gasteiger partial charge < -0.3 is 29.7 Å². The Labute approximate surface area is 309 Å². The van der Waals surface area contributed by atoms with E-state index < -0.39 is 11.9 Å². The molecule has 6 rings (SSSR count). The maximum atomic E-state index is 14.2. The van der Waals surface area contributed by atoms with Gasteiger partial charge in [-0.1, -0.05) is 78.1 Å². The first-order chi connectivity index (χ1) is 23.4. The first kappa shape index (κ1) is 37.0. The second-order valence-corrected chi connectivity index (χ2v) is 13.3. The molecule has 8 bridgehead atoms. The number of hydrogen-bond donors (Lipinski definition) is 0. The number of rotatable bonds is 8. The number of carbonyl (C=O) groups excluding carboxylic acids is 3. The maximum absolute atomic E-state index is 14.2. The van der Waals surface area contributed by atoms with Gasteiger partial charge in [0.05, 0.1) is 7.11 Å². The molecule has 1 aliphatic carbocycles. The molecule has 0 aromatic carbocycles. The molecule has 50 heavy (non-hydrogen) atoms. The van der Waals surface area contributed by atoms with Crippen LogP contribution in [0.3, 0.4) is 0 Å². The average molecular weight is 683 g/mol. The van der Waals surface area contributed by atoms with E-state index in [0.717, 1.165) is 62.0 Å². The fourth-order valence-electron chi connectivity index (χ4n) is 7.30. The summed E-state index contributed by atoms with van der Waals surface area (Å²) in [7, 11) is 1.28. The Morgan fingerprint density at radius 3 is 2.32 bits per heavy atom. The first-order valence-electron chi connectivity index (χ1n) is 16.8. The van der Waals surface area contributed by atoms with Crippen LogP contribution in [0.15, 0.2) is 29.6 Å². The molecule has 0 spiro atoms. The number of esters is 2. The summed E-state index contributed by atoms with van der Waals surface area (Å²) >= 11 is 0. The predicted molar refractivity (Wildman–Crippen MR) is 195 cm³/mol. The minimum Gasteiger partial charge on any atom is -0.664 e. The molecule has 0 radical (unpaired) electrons. The van der Waals surface area contributed by atoms with Gasteiger partial charge in [0.2, 0.25) is 0 Å². The SMILES string of the molecule is C=Cc1c2[n-]c(c1C)/C=C1\[N-]/C(=C3\c4[n-]c(c(C)c4C(=O)[C@@H]3C(=O)OC)/C=c3\[n-]/c(c(C)c3CC)=C\2)[C@@H](CCC(=O)OCC=C(C)C)[C@@H]1C.[Mg+2]. The molecule has 256 valence electrons. The van der Waals surface area contributed by atoms with Crippen molar-refractivity contribution in [2.45, 2.75) is 67.7 Å². The summed E-state index contributed by atoms with van der Waals surface area (Å²) in [5.41, 5.74) is 10.4. The van der Waals surface area contributed by atoms with Crippen LogP contribution in [0.2, 0.25) is 0 Å². The number of ether oxygens (including phenoxy) is 2. The van der Waals surface area contributed by atoms with E-state index in [1.54, 1.807) is 0 Å². The van der Waals surface area contributed by atoms with E-state index in [4.69, 9.17) is 29.7 Å². The molecular formula is C40H42MgN4O5-2. The molecule has 5 heterocycles. The van der Waals surface area contributed by atoms with E-state index >= 15 is 0 Å². The first-order valence-corrected chi connectivity index (χ1v) is 16.8. The molecule has 3 atom stereocenters. The van der Waals surface area contributed by atoms with Crippen LogP contribution in [0, 0.1) is 38.5 Å². The number of allylic oxidation sites excluding steroid dienone is 3. The Morgan fingerprint density at radius 2 is 1.66 bits per heavy atom. The quantitative estimate of drug-likeness (QED) is 0.142. The van der Waals surface area contributed by atoms with Crippen LogP contribution in [0.1, 0.15) is 101 Å². The Kier molecular flexibility index (Phi) is 10.7. The second kappa shape index (κ2) is 14.5. The van der Waals surface area contributed by atoms with Gasteiger partial charge in [0, 0.05) is 12.0 Å². The van der Waals surface area contributed by atoms with Crippen molar-refractivity contribution >= 4 is 70.7 Å². The molecule has 3 aromatic rings. The molecule has 3 aromatic heterocycles. The van der Waals surface area contributed by atoms with Gasteiger partial charge in [0.1, 0.15) is 12.5 Å². The molecule has 10 heteroatoms. The normalized spacial score (nSPS) is 22.6. The van der Waals surface area contributed by atoms with Crippen LogP contribution in [-0.4, -0.2) is 54.5 Å². The summed E-state index contributed by atoms with van der Waals surface area (Å²) in [5.74, 6) is -3.05. The van der Waals surface area contributed by atoms with Crippen LogP contribution in [0.4, 0.5) is 0 Å². The van der Waals surface area contributed by atoms with Crippen molar-refractivity contribution < 1.29 is 23.9 Å². The minimum absolute atomic E-state index is 0. The van der Waals surface area contributed by atoms with Gasteiger partial charge in [-0.3, -0.25) is 14.4 Å². The van der Waals surface area contributed by atoms with Gasteiger partial charge in [0.15, 0.2) is 5.78 Å². The number of aromatic nitrogens is 3. The van der Waals surface area contributed by atoms with Gasteiger partial charge in [-0.2, -0.15) is 11.4 Å². The number of ketones is 1. The van der Waals surface area contributed by atoms with Crippen molar-refractivity contribution in [1.82, 2.24) is 15.0 Å². The van der Waals surface area contributed by atoms with E-state index in [9.17, 15) is 14.4 Å². The van der Waals surface area contributed by atoms with Gasteiger partial charge in [-0.15, -0.1) is 33.5 Å². The third-order valence-corrected chi connectivity index (χ3v) is 10.1. The zero-order valence-corrected chi connectivity index (χ0v) is 31.6. The Balaban J connectivity index is 0.00000486. The Bertz CT molecular complexity index is 2130. The summed E-state index contributed by atoms with van der Waals surface area (Å²) in [6.45, 7) is 18.2. The van der Waals surface area contributed by atoms with E-state index in [-0.39, 0.29) is 59.7 Å². The topological polar surface area (TPSA) is 126 Å². The number of Topliss-reactive ketones (excluding diaryl/α,β-unsaturated/α-hetero) is 1. The smallest absolute Gasteiger partial charge is 0.664 e. The number of carbonyl (C=O) groups is 3. The van der Waals surface area contributed by atoms with Crippen molar-refractivity contribution in [2.75, 3.05) is 13.7 Å². The van der Waals surface area contributed by atoms with Gasteiger partial charge in [-0.05, 0) is 70.9 Å². The predicted octanol–water partition coefficient (Wildman–Crippen LogP) is 4.95. The van der Waals surface area contributed by atoms with E-state index in [1.165, 1.54) is 7.11 Å². The monoisotopic (exact) mass is 682 g/mol. The number of methoxy groups -OCH3 is 1. The molecule has 3 aliphatic rings. The minimum atomic E-state index is -1.21. The van der Waals surface area contributed by atoms with Gasteiger partial charge in [0.25, 0.3) is 0 Å². The van der Waals surface area contributed by atoms with E-state index in [1.807, 2.05) is 58.1 Å². The molecule has 0 amide bonds. The Hall–Kier alpha value is -4.28. The fourth-order valence-corrected chi connectivity index (χ4v) is 7.30. The molecule has 0 saturated carbocycles. The number of fused-ring (bicyclic) bond motifs is 7. The summed E-state index contributed by atoms with van der Waals surface area (Å²) in [6, 6.07) is 0. The van der Waals surface area contributed by atoms with Crippen molar-refractivity contribution in [3.05, 3.63) is 102 Å². The molecule has 2 aliphatic heterocycles.